The molecule has 0 unspecified atom stereocenters. The van der Waals surface area contributed by atoms with Gasteiger partial charge in [-0.1, -0.05) is 6.58 Å². The molecule has 0 amide bonds. The Bertz CT molecular complexity index is 189. The van der Waals surface area contributed by atoms with Gasteiger partial charge in [-0.05, 0) is 11.6 Å². The first-order valence-corrected chi connectivity index (χ1v) is 2.23. The van der Waals surface area contributed by atoms with Gasteiger partial charge >= 0.3 is 0 Å². The van der Waals surface area contributed by atoms with Crippen LogP contribution < -0.4 is 0 Å². The Labute approximate surface area is 47.2 Å². The first kappa shape index (κ1) is 4.97. The normalized spacial score (nSPS) is 16.5. The van der Waals surface area contributed by atoms with E-state index in [1.807, 2.05) is 0 Å². The molecule has 0 aromatic rings. The topological polar surface area (TPSA) is 29.4 Å². The lowest BCUT2D eigenvalue weighted by atomic mass is 10.3. The fraction of sp³-hybridized carbons (Fsp3) is 0. The summed E-state index contributed by atoms with van der Waals surface area (Å²) in [6.07, 6.45) is 3.89. The molecule has 1 aliphatic heterocycles. The number of rotatable bonds is 1. The second kappa shape index (κ2) is 1.74. The van der Waals surface area contributed by atoms with Gasteiger partial charge in [0.2, 0.25) is 0 Å². The Morgan fingerprint density at radius 1 is 1.75 bits per heavy atom. The highest BCUT2D eigenvalue weighted by Gasteiger charge is 1.97. The Balaban J connectivity index is 2.87. The summed E-state index contributed by atoms with van der Waals surface area (Å²) >= 11 is 0. The molecule has 0 atom stereocenters. The Kier molecular flexibility index (Phi) is 1.08. The summed E-state index contributed by atoms with van der Waals surface area (Å²) in [4.78, 5) is 13.6. The van der Waals surface area contributed by atoms with E-state index in [1.165, 1.54) is 0 Å². The van der Waals surface area contributed by atoms with Crippen LogP contribution in [-0.2, 0) is 4.79 Å². The average molecular weight is 107 g/mol. The van der Waals surface area contributed by atoms with Crippen LogP contribution in [0.3, 0.4) is 0 Å². The summed E-state index contributed by atoms with van der Waals surface area (Å²) in [5.41, 5.74) is 1.24. The predicted molar refractivity (Wildman–Crippen MR) is 31.8 cm³/mol. The van der Waals surface area contributed by atoms with E-state index >= 15 is 0 Å². The molecule has 0 radical (unpaired) electrons. The minimum Gasteiger partial charge on any atom is -0.296 e. The predicted octanol–water partition coefficient (Wildman–Crippen LogP) is 0.710. The fourth-order valence-electron chi connectivity index (χ4n) is 0.486. The van der Waals surface area contributed by atoms with Crippen molar-refractivity contribution >= 4 is 12.5 Å². The quantitative estimate of drug-likeness (QED) is 0.454. The first-order chi connectivity index (χ1) is 3.83. The van der Waals surface area contributed by atoms with Crippen LogP contribution in [-0.4, -0.2) is 12.5 Å². The SMILES string of the molecule is C=C1C=NC(C=O)=C1. The highest BCUT2D eigenvalue weighted by atomic mass is 16.1. The van der Waals surface area contributed by atoms with Crippen LogP contribution in [0.4, 0.5) is 0 Å². The highest BCUT2D eigenvalue weighted by Crippen LogP contribution is 2.04. The minimum absolute atomic E-state index is 0.454. The lowest BCUT2D eigenvalue weighted by Gasteiger charge is -1.73. The zero-order valence-electron chi connectivity index (χ0n) is 4.29. The lowest BCUT2D eigenvalue weighted by molar-refractivity contribution is -0.104. The van der Waals surface area contributed by atoms with Gasteiger partial charge in [-0.15, -0.1) is 0 Å². The van der Waals surface area contributed by atoms with Gasteiger partial charge in [0.05, 0.1) is 0 Å². The summed E-state index contributed by atoms with van der Waals surface area (Å²) in [7, 11) is 0. The molecule has 2 nitrogen and oxygen atoms in total. The van der Waals surface area contributed by atoms with Gasteiger partial charge in [0, 0.05) is 6.21 Å². The smallest absolute Gasteiger partial charge is 0.168 e. The molecule has 1 aliphatic rings. The summed E-state index contributed by atoms with van der Waals surface area (Å²) in [6.45, 7) is 3.57. The highest BCUT2D eigenvalue weighted by molar-refractivity contribution is 5.92. The molecule has 0 saturated carbocycles. The molecule has 8 heavy (non-hydrogen) atoms. The van der Waals surface area contributed by atoms with Crippen LogP contribution in [0.15, 0.2) is 28.9 Å². The number of hydrogen-bond donors (Lipinski definition) is 0. The van der Waals surface area contributed by atoms with Crippen molar-refractivity contribution in [3.8, 4) is 0 Å². The summed E-state index contributed by atoms with van der Waals surface area (Å²) < 4.78 is 0. The fourth-order valence-corrected chi connectivity index (χ4v) is 0.486. The number of nitrogens with zero attached hydrogens (tertiary/aromatic N) is 1. The average Bonchev–Trinajstić information content (AvgIpc) is 2.14. The molecule has 1 heterocycles. The van der Waals surface area contributed by atoms with Gasteiger partial charge in [0.15, 0.2) is 6.29 Å². The zero-order chi connectivity index (χ0) is 5.98. The number of carbonyl (C=O) groups excluding carboxylic acids is 1. The molecule has 0 spiro atoms. The van der Waals surface area contributed by atoms with E-state index < -0.39 is 0 Å². The van der Waals surface area contributed by atoms with Gasteiger partial charge in [-0.3, -0.25) is 9.79 Å². The van der Waals surface area contributed by atoms with E-state index in [4.69, 9.17) is 0 Å². The van der Waals surface area contributed by atoms with Crippen molar-refractivity contribution in [1.82, 2.24) is 0 Å². The van der Waals surface area contributed by atoms with E-state index in [2.05, 4.69) is 11.6 Å². The lowest BCUT2D eigenvalue weighted by Crippen LogP contribution is -1.70. The maximum atomic E-state index is 9.93. The standard InChI is InChI=1S/C6H5NO/c1-5-2-6(4-8)7-3-5/h2-4H,1H2. The van der Waals surface area contributed by atoms with Crippen molar-refractivity contribution in [2.75, 3.05) is 0 Å². The van der Waals surface area contributed by atoms with E-state index in [0.29, 0.717) is 12.0 Å². The largest absolute Gasteiger partial charge is 0.296 e. The molecule has 0 fully saturated rings. The second-order valence-electron chi connectivity index (χ2n) is 1.52. The van der Waals surface area contributed by atoms with Crippen molar-refractivity contribution in [3.05, 3.63) is 23.9 Å². The third-order valence-corrected chi connectivity index (χ3v) is 0.833. The van der Waals surface area contributed by atoms with E-state index in [9.17, 15) is 4.79 Å². The van der Waals surface area contributed by atoms with Gasteiger partial charge in [-0.2, -0.15) is 0 Å². The molecule has 0 aromatic carbocycles. The van der Waals surface area contributed by atoms with Crippen molar-refractivity contribution in [2.24, 2.45) is 4.99 Å². The van der Waals surface area contributed by atoms with Crippen LogP contribution in [0.2, 0.25) is 0 Å². The molecule has 1 rings (SSSR count). The van der Waals surface area contributed by atoms with Crippen LogP contribution >= 0.6 is 0 Å². The van der Waals surface area contributed by atoms with Crippen LogP contribution in [0.25, 0.3) is 0 Å². The van der Waals surface area contributed by atoms with Crippen molar-refractivity contribution in [3.63, 3.8) is 0 Å². The zero-order valence-corrected chi connectivity index (χ0v) is 4.29. The number of allylic oxidation sites excluding steroid dienone is 3. The maximum Gasteiger partial charge on any atom is 0.168 e. The summed E-state index contributed by atoms with van der Waals surface area (Å²) in [6, 6.07) is 0. The summed E-state index contributed by atoms with van der Waals surface area (Å²) in [5, 5.41) is 0. The molecule has 40 valence electrons. The van der Waals surface area contributed by atoms with Gasteiger partial charge in [-0.25, -0.2) is 0 Å². The molecule has 0 aliphatic carbocycles. The first-order valence-electron chi connectivity index (χ1n) is 2.23. The van der Waals surface area contributed by atoms with Crippen LogP contribution in [0.5, 0.6) is 0 Å². The number of aldehydes is 1. The second-order valence-corrected chi connectivity index (χ2v) is 1.52. The third kappa shape index (κ3) is 0.729. The monoisotopic (exact) mass is 107 g/mol. The number of hydrogen-bond acceptors (Lipinski definition) is 2. The summed E-state index contributed by atoms with van der Waals surface area (Å²) in [5.74, 6) is 0. The van der Waals surface area contributed by atoms with Crippen molar-refractivity contribution in [1.29, 1.82) is 0 Å². The van der Waals surface area contributed by atoms with E-state index in [1.54, 1.807) is 12.3 Å². The molecule has 0 aromatic heterocycles. The third-order valence-electron chi connectivity index (χ3n) is 0.833. The Morgan fingerprint density at radius 3 is 2.75 bits per heavy atom. The van der Waals surface area contributed by atoms with Gasteiger partial charge < -0.3 is 0 Å². The maximum absolute atomic E-state index is 9.93. The number of aliphatic imine (C=N–C) groups is 1. The van der Waals surface area contributed by atoms with E-state index in [-0.39, 0.29) is 0 Å². The molecule has 0 bridgehead atoms. The molecular formula is C6H5NO. The van der Waals surface area contributed by atoms with Crippen LogP contribution in [0.1, 0.15) is 0 Å². The van der Waals surface area contributed by atoms with Crippen molar-refractivity contribution in [2.45, 2.75) is 0 Å². The molecule has 0 N–H and O–H groups in total. The van der Waals surface area contributed by atoms with Crippen LogP contribution in [0, 0.1) is 0 Å². The molecule has 2 heteroatoms. The Hall–Kier alpha value is -1.18. The van der Waals surface area contributed by atoms with Gasteiger partial charge in [0.25, 0.3) is 0 Å². The van der Waals surface area contributed by atoms with E-state index in [0.717, 1.165) is 5.57 Å². The molecular weight excluding hydrogens is 102 g/mol. The van der Waals surface area contributed by atoms with Gasteiger partial charge in [0.1, 0.15) is 5.70 Å². The Morgan fingerprint density at radius 2 is 2.50 bits per heavy atom. The molecule has 0 saturated heterocycles. The minimum atomic E-state index is 0.454. The van der Waals surface area contributed by atoms with Crippen molar-refractivity contribution < 1.29 is 4.79 Å². The number of carbonyl (C=O) groups is 1.